The first-order valence-corrected chi connectivity index (χ1v) is 8.14. The van der Waals surface area contributed by atoms with E-state index in [-0.39, 0.29) is 18.4 Å². The Morgan fingerprint density at radius 2 is 1.74 bits per heavy atom. The van der Waals surface area contributed by atoms with Crippen LogP contribution in [0.2, 0.25) is 0 Å². The fraction of sp³-hybridized carbons (Fsp3) is 0.529. The lowest BCUT2D eigenvalue weighted by atomic mass is 10.1. The molecule has 1 aliphatic rings. The van der Waals surface area contributed by atoms with Crippen LogP contribution >= 0.6 is 0 Å². The van der Waals surface area contributed by atoms with Crippen LogP contribution in [0.15, 0.2) is 24.3 Å². The molecule has 1 N–H and O–H groups in total. The summed E-state index contributed by atoms with van der Waals surface area (Å²) in [5.41, 5.74) is 1.50. The van der Waals surface area contributed by atoms with Crippen molar-refractivity contribution in [1.29, 1.82) is 0 Å². The number of carbonyl (C=O) groups is 2. The van der Waals surface area contributed by atoms with Crippen LogP contribution < -0.4 is 5.32 Å². The Morgan fingerprint density at radius 1 is 1.13 bits per heavy atom. The molecule has 0 unspecified atom stereocenters. The van der Waals surface area contributed by atoms with Gasteiger partial charge in [0.2, 0.25) is 5.91 Å². The summed E-state index contributed by atoms with van der Waals surface area (Å²) in [6, 6.07) is 7.26. The molecule has 0 aliphatic carbocycles. The number of morpholine rings is 1. The molecule has 0 bridgehead atoms. The summed E-state index contributed by atoms with van der Waals surface area (Å²) in [6.45, 7) is 8.08. The smallest absolute Gasteiger partial charge is 0.254 e. The number of benzene rings is 1. The third kappa shape index (κ3) is 4.69. The van der Waals surface area contributed by atoms with Gasteiger partial charge in [0.1, 0.15) is 0 Å². The molecule has 1 aromatic rings. The summed E-state index contributed by atoms with van der Waals surface area (Å²) in [4.78, 5) is 27.9. The van der Waals surface area contributed by atoms with Crippen molar-refractivity contribution in [2.45, 2.75) is 13.8 Å². The van der Waals surface area contributed by atoms with Crippen LogP contribution in [0, 0.1) is 0 Å². The highest BCUT2D eigenvalue weighted by Crippen LogP contribution is 2.12. The van der Waals surface area contributed by atoms with Crippen molar-refractivity contribution in [2.75, 3.05) is 51.3 Å². The van der Waals surface area contributed by atoms with Crippen LogP contribution in [-0.2, 0) is 9.53 Å². The monoisotopic (exact) mass is 319 g/mol. The molecule has 2 rings (SSSR count). The number of rotatable bonds is 6. The van der Waals surface area contributed by atoms with Crippen molar-refractivity contribution in [3.63, 3.8) is 0 Å². The van der Waals surface area contributed by atoms with Crippen molar-refractivity contribution in [2.24, 2.45) is 0 Å². The molecule has 1 fully saturated rings. The number of hydrogen-bond donors (Lipinski definition) is 1. The maximum atomic E-state index is 12.3. The number of anilines is 1. The molecule has 6 heteroatoms. The lowest BCUT2D eigenvalue weighted by Gasteiger charge is -2.26. The third-order valence-corrected chi connectivity index (χ3v) is 3.99. The Kier molecular flexibility index (Phi) is 6.40. The fourth-order valence-electron chi connectivity index (χ4n) is 2.55. The second kappa shape index (κ2) is 8.53. The van der Waals surface area contributed by atoms with E-state index in [9.17, 15) is 9.59 Å². The first-order chi connectivity index (χ1) is 11.2. The zero-order valence-corrected chi connectivity index (χ0v) is 13.9. The summed E-state index contributed by atoms with van der Waals surface area (Å²) < 4.78 is 5.26. The van der Waals surface area contributed by atoms with Crippen molar-refractivity contribution >= 4 is 17.5 Å². The number of carbonyl (C=O) groups excluding carboxylic acids is 2. The molecule has 0 spiro atoms. The van der Waals surface area contributed by atoms with Crippen LogP contribution in [0.1, 0.15) is 24.2 Å². The molecule has 1 saturated heterocycles. The quantitative estimate of drug-likeness (QED) is 0.862. The lowest BCUT2D eigenvalue weighted by Crippen LogP contribution is -2.40. The molecule has 126 valence electrons. The van der Waals surface area contributed by atoms with E-state index in [1.807, 2.05) is 26.0 Å². The average molecular weight is 319 g/mol. The minimum absolute atomic E-state index is 0.0269. The van der Waals surface area contributed by atoms with Gasteiger partial charge in [0.15, 0.2) is 0 Å². The topological polar surface area (TPSA) is 61.9 Å². The highest BCUT2D eigenvalue weighted by Gasteiger charge is 2.18. The first kappa shape index (κ1) is 17.3. The molecule has 23 heavy (non-hydrogen) atoms. The summed E-state index contributed by atoms with van der Waals surface area (Å²) >= 11 is 0. The SMILES string of the molecule is CCN(CC)C(=O)CNc1ccc(C(=O)N2CCOCC2)cc1. The molecular weight excluding hydrogens is 294 g/mol. The van der Waals surface area contributed by atoms with Gasteiger partial charge < -0.3 is 19.9 Å². The van der Waals surface area contributed by atoms with Gasteiger partial charge in [-0.2, -0.15) is 0 Å². The third-order valence-electron chi connectivity index (χ3n) is 3.99. The number of likely N-dealkylation sites (N-methyl/N-ethyl adjacent to an activating group) is 1. The summed E-state index contributed by atoms with van der Waals surface area (Å²) in [6.07, 6.45) is 0. The average Bonchev–Trinajstić information content (AvgIpc) is 2.61. The molecule has 0 aromatic heterocycles. The second-order valence-electron chi connectivity index (χ2n) is 5.40. The Labute approximate surface area is 137 Å². The van der Waals surface area contributed by atoms with Crippen LogP contribution in [0.4, 0.5) is 5.69 Å². The van der Waals surface area contributed by atoms with Crippen LogP contribution in [0.3, 0.4) is 0 Å². The van der Waals surface area contributed by atoms with Gasteiger partial charge in [-0.3, -0.25) is 9.59 Å². The van der Waals surface area contributed by atoms with Gasteiger partial charge in [-0.1, -0.05) is 0 Å². The standard InChI is InChI=1S/C17H25N3O3/c1-3-19(4-2)16(21)13-18-15-7-5-14(6-8-15)17(22)20-9-11-23-12-10-20/h5-8,18H,3-4,9-13H2,1-2H3. The molecular formula is C17H25N3O3. The molecule has 0 atom stereocenters. The van der Waals surface area contributed by atoms with E-state index in [1.165, 1.54) is 0 Å². The van der Waals surface area contributed by atoms with E-state index in [1.54, 1.807) is 21.9 Å². The Bertz CT molecular complexity index is 520. The second-order valence-corrected chi connectivity index (χ2v) is 5.40. The van der Waals surface area contributed by atoms with E-state index < -0.39 is 0 Å². The predicted octanol–water partition coefficient (Wildman–Crippen LogP) is 1.44. The van der Waals surface area contributed by atoms with Gasteiger partial charge in [0, 0.05) is 37.4 Å². The number of amides is 2. The maximum Gasteiger partial charge on any atom is 0.254 e. The predicted molar refractivity (Wildman–Crippen MR) is 89.6 cm³/mol. The van der Waals surface area contributed by atoms with E-state index in [0.717, 1.165) is 5.69 Å². The number of nitrogens with zero attached hydrogens (tertiary/aromatic N) is 2. The highest BCUT2D eigenvalue weighted by atomic mass is 16.5. The van der Waals surface area contributed by atoms with Gasteiger partial charge in [0.05, 0.1) is 19.8 Å². The van der Waals surface area contributed by atoms with Gasteiger partial charge >= 0.3 is 0 Å². The highest BCUT2D eigenvalue weighted by molar-refractivity contribution is 5.94. The number of hydrogen-bond acceptors (Lipinski definition) is 4. The van der Waals surface area contributed by atoms with Crippen LogP contribution in [0.5, 0.6) is 0 Å². The molecule has 1 aliphatic heterocycles. The zero-order chi connectivity index (χ0) is 16.7. The molecule has 0 radical (unpaired) electrons. The lowest BCUT2D eigenvalue weighted by molar-refractivity contribution is -0.128. The summed E-state index contributed by atoms with van der Waals surface area (Å²) in [5.74, 6) is 0.0996. The first-order valence-electron chi connectivity index (χ1n) is 8.14. The van der Waals surface area contributed by atoms with Crippen molar-refractivity contribution in [3.8, 4) is 0 Å². The van der Waals surface area contributed by atoms with Crippen molar-refractivity contribution in [1.82, 2.24) is 9.80 Å². The fourth-order valence-corrected chi connectivity index (χ4v) is 2.55. The van der Waals surface area contributed by atoms with Crippen LogP contribution in [0.25, 0.3) is 0 Å². The summed E-state index contributed by atoms with van der Waals surface area (Å²) in [7, 11) is 0. The Hall–Kier alpha value is -2.08. The number of nitrogens with one attached hydrogen (secondary N) is 1. The van der Waals surface area contributed by atoms with Gasteiger partial charge in [-0.25, -0.2) is 0 Å². The van der Waals surface area contributed by atoms with E-state index in [2.05, 4.69) is 5.32 Å². The van der Waals surface area contributed by atoms with Gasteiger partial charge in [0.25, 0.3) is 5.91 Å². The van der Waals surface area contributed by atoms with E-state index in [4.69, 9.17) is 4.74 Å². The van der Waals surface area contributed by atoms with E-state index >= 15 is 0 Å². The largest absolute Gasteiger partial charge is 0.378 e. The van der Waals surface area contributed by atoms with Gasteiger partial charge in [-0.05, 0) is 38.1 Å². The van der Waals surface area contributed by atoms with Gasteiger partial charge in [-0.15, -0.1) is 0 Å². The van der Waals surface area contributed by atoms with Crippen molar-refractivity contribution < 1.29 is 14.3 Å². The molecule has 1 aromatic carbocycles. The minimum atomic E-state index is 0.0269. The molecule has 1 heterocycles. The Balaban J connectivity index is 1.89. The Morgan fingerprint density at radius 3 is 2.30 bits per heavy atom. The molecule has 0 saturated carbocycles. The van der Waals surface area contributed by atoms with Crippen LogP contribution in [-0.4, -0.2) is 67.6 Å². The minimum Gasteiger partial charge on any atom is -0.378 e. The molecule has 6 nitrogen and oxygen atoms in total. The molecule has 2 amide bonds. The number of ether oxygens (including phenoxy) is 1. The maximum absolute atomic E-state index is 12.3. The van der Waals surface area contributed by atoms with E-state index in [0.29, 0.717) is 45.0 Å². The van der Waals surface area contributed by atoms with Crippen molar-refractivity contribution in [3.05, 3.63) is 29.8 Å². The normalized spacial score (nSPS) is 14.4. The zero-order valence-electron chi connectivity index (χ0n) is 13.9. The summed E-state index contributed by atoms with van der Waals surface area (Å²) in [5, 5.41) is 3.10.